The maximum absolute atomic E-state index is 12.5. The van der Waals surface area contributed by atoms with Crippen LogP contribution in [0.25, 0.3) is 0 Å². The summed E-state index contributed by atoms with van der Waals surface area (Å²) in [7, 11) is 0. The molecule has 2 aromatic carbocycles. The summed E-state index contributed by atoms with van der Waals surface area (Å²) in [6.45, 7) is 0.667. The van der Waals surface area contributed by atoms with E-state index in [1.807, 2.05) is 36.4 Å². The van der Waals surface area contributed by atoms with Crippen LogP contribution in [0.5, 0.6) is 0 Å². The van der Waals surface area contributed by atoms with Gasteiger partial charge >= 0.3 is 0 Å². The van der Waals surface area contributed by atoms with E-state index in [4.69, 9.17) is 0 Å². The molecule has 0 aromatic heterocycles. The van der Waals surface area contributed by atoms with Gasteiger partial charge in [0.25, 0.3) is 5.91 Å². The third-order valence-corrected chi connectivity index (χ3v) is 5.35. The number of carbonyl (C=O) groups excluding carboxylic acids is 3. The molecule has 1 aliphatic heterocycles. The fourth-order valence-corrected chi connectivity index (χ4v) is 3.68. The number of amides is 3. The third kappa shape index (κ3) is 4.85. The molecule has 0 saturated heterocycles. The van der Waals surface area contributed by atoms with Crippen LogP contribution in [0.4, 0.5) is 5.69 Å². The highest BCUT2D eigenvalue weighted by Crippen LogP contribution is 2.27. The summed E-state index contributed by atoms with van der Waals surface area (Å²) in [5.74, 6) is -0.862. The van der Waals surface area contributed by atoms with Gasteiger partial charge in [0.2, 0.25) is 11.8 Å². The second kappa shape index (κ2) is 8.98. The van der Waals surface area contributed by atoms with Crippen LogP contribution in [0.1, 0.15) is 35.2 Å². The predicted molar refractivity (Wildman–Crippen MR) is 111 cm³/mol. The first-order valence-electron chi connectivity index (χ1n) is 8.78. The van der Waals surface area contributed by atoms with Crippen molar-refractivity contribution in [1.82, 2.24) is 10.9 Å². The summed E-state index contributed by atoms with van der Waals surface area (Å²) in [6, 6.07) is 14.9. The molecule has 6 nitrogen and oxygen atoms in total. The van der Waals surface area contributed by atoms with E-state index >= 15 is 0 Å². The fourth-order valence-electron chi connectivity index (χ4n) is 3.05. The largest absolute Gasteiger partial charge is 0.312 e. The minimum atomic E-state index is -0.395. The average Bonchev–Trinajstić information content (AvgIpc) is 2.70. The molecular formula is C20H20IN3O3. The molecule has 0 saturated carbocycles. The number of nitrogens with zero attached hydrogens (tertiary/aromatic N) is 1. The highest BCUT2D eigenvalue weighted by molar-refractivity contribution is 14.1. The van der Waals surface area contributed by atoms with Gasteiger partial charge in [0.15, 0.2) is 0 Å². The van der Waals surface area contributed by atoms with Crippen molar-refractivity contribution in [2.24, 2.45) is 0 Å². The number of nitrogens with one attached hydrogen (secondary N) is 2. The average molecular weight is 477 g/mol. The molecule has 27 heavy (non-hydrogen) atoms. The summed E-state index contributed by atoms with van der Waals surface area (Å²) < 4.78 is 0.792. The Morgan fingerprint density at radius 3 is 2.52 bits per heavy atom. The molecular weight excluding hydrogens is 457 g/mol. The zero-order valence-electron chi connectivity index (χ0n) is 14.7. The number of hydrazine groups is 1. The molecule has 0 aliphatic carbocycles. The summed E-state index contributed by atoms with van der Waals surface area (Å²) in [6.07, 6.45) is 1.99. The Kier molecular flexibility index (Phi) is 6.44. The van der Waals surface area contributed by atoms with Gasteiger partial charge in [-0.25, -0.2) is 0 Å². The number of benzene rings is 2. The number of carbonyl (C=O) groups is 3. The number of fused-ring (bicyclic) bond motifs is 1. The van der Waals surface area contributed by atoms with Gasteiger partial charge < -0.3 is 4.90 Å². The molecule has 140 valence electrons. The van der Waals surface area contributed by atoms with Crippen molar-refractivity contribution >= 4 is 46.0 Å². The fraction of sp³-hybridized carbons (Fsp3) is 0.250. The smallest absolute Gasteiger partial charge is 0.270 e. The quantitative estimate of drug-likeness (QED) is 0.526. The minimum Gasteiger partial charge on any atom is -0.312 e. The summed E-state index contributed by atoms with van der Waals surface area (Å²) in [4.78, 5) is 38.4. The Balaban J connectivity index is 1.49. The van der Waals surface area contributed by atoms with Crippen molar-refractivity contribution in [3.8, 4) is 0 Å². The number of hydrogen-bond acceptors (Lipinski definition) is 3. The van der Waals surface area contributed by atoms with Crippen molar-refractivity contribution in [1.29, 1.82) is 0 Å². The van der Waals surface area contributed by atoms with Crippen LogP contribution < -0.4 is 15.8 Å². The number of hydrogen-bond donors (Lipinski definition) is 2. The Labute approximate surface area is 171 Å². The Morgan fingerprint density at radius 1 is 0.963 bits per heavy atom. The van der Waals surface area contributed by atoms with Crippen molar-refractivity contribution in [3.05, 3.63) is 63.2 Å². The van der Waals surface area contributed by atoms with E-state index in [0.717, 1.165) is 27.7 Å². The van der Waals surface area contributed by atoms with E-state index in [0.29, 0.717) is 12.1 Å². The van der Waals surface area contributed by atoms with Crippen LogP contribution in [0, 0.1) is 3.57 Å². The van der Waals surface area contributed by atoms with Crippen LogP contribution in [-0.4, -0.2) is 24.3 Å². The van der Waals surface area contributed by atoms with Crippen LogP contribution in [0.2, 0.25) is 0 Å². The molecule has 0 spiro atoms. The summed E-state index contributed by atoms with van der Waals surface area (Å²) in [5, 5.41) is 0. The lowest BCUT2D eigenvalue weighted by atomic mass is 10.0. The van der Waals surface area contributed by atoms with Gasteiger partial charge in [-0.3, -0.25) is 25.2 Å². The molecule has 0 radical (unpaired) electrons. The van der Waals surface area contributed by atoms with E-state index in [9.17, 15) is 14.4 Å². The first-order chi connectivity index (χ1) is 13.1. The van der Waals surface area contributed by atoms with Gasteiger partial charge in [-0.1, -0.05) is 30.3 Å². The van der Waals surface area contributed by atoms with Gasteiger partial charge in [-0.05, 0) is 59.2 Å². The van der Waals surface area contributed by atoms with Crippen molar-refractivity contribution in [2.45, 2.75) is 25.7 Å². The zero-order chi connectivity index (χ0) is 19.2. The number of rotatable bonds is 4. The van der Waals surface area contributed by atoms with Crippen LogP contribution in [0.15, 0.2) is 48.5 Å². The van der Waals surface area contributed by atoms with E-state index in [1.165, 1.54) is 0 Å². The van der Waals surface area contributed by atoms with Crippen molar-refractivity contribution < 1.29 is 14.4 Å². The normalized spacial score (nSPS) is 12.9. The SMILES string of the molecule is O=C(CCC(=O)N1CCCc2ccccc21)NNC(=O)c1ccccc1I. The third-order valence-electron chi connectivity index (χ3n) is 4.41. The van der Waals surface area contributed by atoms with Gasteiger partial charge in [0.1, 0.15) is 0 Å². The number of anilines is 1. The monoisotopic (exact) mass is 477 g/mol. The molecule has 0 fully saturated rings. The molecule has 0 bridgehead atoms. The molecule has 2 N–H and O–H groups in total. The van der Waals surface area contributed by atoms with Gasteiger partial charge in [0, 0.05) is 28.6 Å². The first kappa shape index (κ1) is 19.3. The standard InChI is InChI=1S/C20H20IN3O3/c21-16-9-3-2-8-15(16)20(27)23-22-18(25)11-12-19(26)24-13-5-7-14-6-1-4-10-17(14)24/h1-4,6,8-10H,5,7,11-13H2,(H,22,25)(H,23,27). The lowest BCUT2D eigenvalue weighted by Gasteiger charge is -2.29. The van der Waals surface area contributed by atoms with Gasteiger partial charge in [0.05, 0.1) is 5.56 Å². The Morgan fingerprint density at radius 2 is 1.70 bits per heavy atom. The lowest BCUT2D eigenvalue weighted by molar-refractivity contribution is -0.125. The van der Waals surface area contributed by atoms with E-state index in [2.05, 4.69) is 33.4 Å². The molecule has 0 atom stereocenters. The molecule has 7 heteroatoms. The molecule has 2 aromatic rings. The zero-order valence-corrected chi connectivity index (χ0v) is 16.9. The second-order valence-electron chi connectivity index (χ2n) is 6.26. The number of aryl methyl sites for hydroxylation is 1. The summed E-state index contributed by atoms with van der Waals surface area (Å²) >= 11 is 2.06. The Hall–Kier alpha value is -2.42. The number of para-hydroxylation sites is 1. The number of halogens is 1. The van der Waals surface area contributed by atoms with Gasteiger partial charge in [-0.15, -0.1) is 0 Å². The Bertz CT molecular complexity index is 869. The van der Waals surface area contributed by atoms with Crippen LogP contribution in [-0.2, 0) is 16.0 Å². The maximum atomic E-state index is 12.5. The van der Waals surface area contributed by atoms with E-state index < -0.39 is 5.91 Å². The van der Waals surface area contributed by atoms with Gasteiger partial charge in [-0.2, -0.15) is 0 Å². The molecule has 1 heterocycles. The highest BCUT2D eigenvalue weighted by Gasteiger charge is 2.22. The van der Waals surface area contributed by atoms with E-state index in [-0.39, 0.29) is 24.7 Å². The van der Waals surface area contributed by atoms with Crippen molar-refractivity contribution in [3.63, 3.8) is 0 Å². The maximum Gasteiger partial charge on any atom is 0.270 e. The van der Waals surface area contributed by atoms with E-state index in [1.54, 1.807) is 17.0 Å². The minimum absolute atomic E-state index is 0.0175. The first-order valence-corrected chi connectivity index (χ1v) is 9.86. The molecule has 3 rings (SSSR count). The molecule has 0 unspecified atom stereocenters. The van der Waals surface area contributed by atoms with Crippen LogP contribution in [0.3, 0.4) is 0 Å². The topological polar surface area (TPSA) is 78.5 Å². The summed E-state index contributed by atoms with van der Waals surface area (Å²) in [5.41, 5.74) is 7.34. The lowest BCUT2D eigenvalue weighted by Crippen LogP contribution is -2.42. The molecule has 3 amide bonds. The van der Waals surface area contributed by atoms with Crippen molar-refractivity contribution in [2.75, 3.05) is 11.4 Å². The second-order valence-corrected chi connectivity index (χ2v) is 7.42. The van der Waals surface area contributed by atoms with Crippen LogP contribution >= 0.6 is 22.6 Å². The predicted octanol–water partition coefficient (Wildman–Crippen LogP) is 2.81. The molecule has 1 aliphatic rings. The highest BCUT2D eigenvalue weighted by atomic mass is 127.